The fraction of sp³-hybridized carbons (Fsp3) is 0.444. The summed E-state index contributed by atoms with van der Waals surface area (Å²) < 4.78 is 5.19. The SMILES string of the molecule is COc1ccc(C(N)CC2C(C)=C(C)C(C)=C2C)cc1. The van der Waals surface area contributed by atoms with E-state index >= 15 is 0 Å². The Hall–Kier alpha value is -1.54. The Bertz CT molecular complexity index is 527. The van der Waals surface area contributed by atoms with Gasteiger partial charge in [-0.05, 0) is 63.0 Å². The first-order chi connectivity index (χ1) is 9.45. The van der Waals surface area contributed by atoms with Crippen LogP contribution >= 0.6 is 0 Å². The summed E-state index contributed by atoms with van der Waals surface area (Å²) in [6.45, 7) is 8.90. The van der Waals surface area contributed by atoms with Crippen LogP contribution in [0.2, 0.25) is 0 Å². The minimum atomic E-state index is 0.0644. The van der Waals surface area contributed by atoms with E-state index in [1.807, 2.05) is 12.1 Å². The van der Waals surface area contributed by atoms with Crippen molar-refractivity contribution in [2.75, 3.05) is 7.11 Å². The molecular weight excluding hydrogens is 246 g/mol. The molecule has 108 valence electrons. The highest BCUT2D eigenvalue weighted by Crippen LogP contribution is 2.40. The molecule has 0 saturated carbocycles. The van der Waals surface area contributed by atoms with Crippen molar-refractivity contribution in [1.29, 1.82) is 0 Å². The summed E-state index contributed by atoms with van der Waals surface area (Å²) in [6, 6.07) is 8.15. The first-order valence-electron chi connectivity index (χ1n) is 7.20. The van der Waals surface area contributed by atoms with Gasteiger partial charge < -0.3 is 10.5 Å². The molecule has 1 aromatic rings. The maximum absolute atomic E-state index is 6.40. The molecule has 0 spiro atoms. The van der Waals surface area contributed by atoms with E-state index in [1.165, 1.54) is 27.9 Å². The Kier molecular flexibility index (Phi) is 4.34. The number of methoxy groups -OCH3 is 1. The van der Waals surface area contributed by atoms with Gasteiger partial charge in [0.1, 0.15) is 5.75 Å². The van der Waals surface area contributed by atoms with Gasteiger partial charge in [-0.2, -0.15) is 0 Å². The zero-order valence-electron chi connectivity index (χ0n) is 13.2. The Morgan fingerprint density at radius 3 is 1.95 bits per heavy atom. The van der Waals surface area contributed by atoms with E-state index in [1.54, 1.807) is 7.11 Å². The molecule has 0 bridgehead atoms. The molecule has 2 N–H and O–H groups in total. The topological polar surface area (TPSA) is 35.2 Å². The van der Waals surface area contributed by atoms with E-state index in [2.05, 4.69) is 39.8 Å². The molecule has 1 aromatic carbocycles. The molecule has 0 aliphatic heterocycles. The van der Waals surface area contributed by atoms with Crippen LogP contribution in [0.1, 0.15) is 45.7 Å². The van der Waals surface area contributed by atoms with Crippen LogP contribution in [-0.2, 0) is 0 Å². The van der Waals surface area contributed by atoms with Crippen LogP contribution < -0.4 is 10.5 Å². The van der Waals surface area contributed by atoms with E-state index in [-0.39, 0.29) is 6.04 Å². The molecule has 1 aliphatic carbocycles. The minimum absolute atomic E-state index is 0.0644. The second-order valence-corrected chi connectivity index (χ2v) is 5.78. The number of hydrogen-bond acceptors (Lipinski definition) is 2. The minimum Gasteiger partial charge on any atom is -0.497 e. The molecule has 2 nitrogen and oxygen atoms in total. The standard InChI is InChI=1S/C18H25NO/c1-11-12(2)14(4)17(13(11)3)10-18(19)15-6-8-16(20-5)9-7-15/h6-9,17-18H,10,19H2,1-5H3. The highest BCUT2D eigenvalue weighted by molar-refractivity contribution is 5.46. The highest BCUT2D eigenvalue weighted by Gasteiger charge is 2.26. The second-order valence-electron chi connectivity index (χ2n) is 5.78. The van der Waals surface area contributed by atoms with E-state index in [9.17, 15) is 0 Å². The van der Waals surface area contributed by atoms with E-state index in [0.29, 0.717) is 5.92 Å². The van der Waals surface area contributed by atoms with Crippen LogP contribution in [0.25, 0.3) is 0 Å². The van der Waals surface area contributed by atoms with Crippen molar-refractivity contribution in [2.45, 2.75) is 40.2 Å². The van der Waals surface area contributed by atoms with E-state index < -0.39 is 0 Å². The Labute approximate surface area is 122 Å². The molecule has 1 unspecified atom stereocenters. The number of hydrogen-bond donors (Lipinski definition) is 1. The Morgan fingerprint density at radius 1 is 1.00 bits per heavy atom. The van der Waals surface area contributed by atoms with Gasteiger partial charge in [0, 0.05) is 12.0 Å². The summed E-state index contributed by atoms with van der Waals surface area (Å²) in [4.78, 5) is 0. The highest BCUT2D eigenvalue weighted by atomic mass is 16.5. The number of nitrogens with two attached hydrogens (primary N) is 1. The van der Waals surface area contributed by atoms with Crippen molar-refractivity contribution >= 4 is 0 Å². The lowest BCUT2D eigenvalue weighted by Gasteiger charge is -2.20. The van der Waals surface area contributed by atoms with Crippen LogP contribution in [-0.4, -0.2) is 7.11 Å². The molecule has 0 saturated heterocycles. The second kappa shape index (κ2) is 5.84. The van der Waals surface area contributed by atoms with E-state index in [0.717, 1.165) is 12.2 Å². The molecule has 0 fully saturated rings. The van der Waals surface area contributed by atoms with Gasteiger partial charge in [0.15, 0.2) is 0 Å². The van der Waals surface area contributed by atoms with Crippen molar-refractivity contribution in [2.24, 2.45) is 11.7 Å². The van der Waals surface area contributed by atoms with Gasteiger partial charge in [-0.25, -0.2) is 0 Å². The summed E-state index contributed by atoms with van der Waals surface area (Å²) in [5.74, 6) is 1.37. The first-order valence-corrected chi connectivity index (χ1v) is 7.20. The average molecular weight is 271 g/mol. The predicted molar refractivity (Wildman–Crippen MR) is 84.8 cm³/mol. The Morgan fingerprint density at radius 2 is 1.50 bits per heavy atom. The molecular formula is C18H25NO. The molecule has 0 amide bonds. The fourth-order valence-corrected chi connectivity index (χ4v) is 3.03. The lowest BCUT2D eigenvalue weighted by atomic mass is 9.87. The third-order valence-electron chi connectivity index (χ3n) is 4.82. The number of ether oxygens (including phenoxy) is 1. The lowest BCUT2D eigenvalue weighted by molar-refractivity contribution is 0.414. The summed E-state index contributed by atoms with van der Waals surface area (Å²) >= 11 is 0. The zero-order valence-corrected chi connectivity index (χ0v) is 13.2. The monoisotopic (exact) mass is 271 g/mol. The number of rotatable bonds is 4. The first kappa shape index (κ1) is 14.9. The summed E-state index contributed by atoms with van der Waals surface area (Å²) in [6.07, 6.45) is 0.971. The molecule has 2 heteroatoms. The van der Waals surface area contributed by atoms with Crippen molar-refractivity contribution in [3.05, 3.63) is 52.1 Å². The normalized spacial score (nSPS) is 17.9. The van der Waals surface area contributed by atoms with Crippen molar-refractivity contribution in [3.8, 4) is 5.75 Å². The molecule has 0 heterocycles. The summed E-state index contributed by atoms with van der Waals surface area (Å²) in [7, 11) is 1.68. The quantitative estimate of drug-likeness (QED) is 0.881. The molecule has 1 atom stereocenters. The van der Waals surface area contributed by atoms with Crippen molar-refractivity contribution in [1.82, 2.24) is 0 Å². The molecule has 20 heavy (non-hydrogen) atoms. The summed E-state index contributed by atoms with van der Waals surface area (Å²) in [5, 5.41) is 0. The van der Waals surface area contributed by atoms with Crippen LogP contribution in [0, 0.1) is 5.92 Å². The van der Waals surface area contributed by atoms with Gasteiger partial charge in [0.05, 0.1) is 7.11 Å². The van der Waals surface area contributed by atoms with Crippen LogP contribution in [0.5, 0.6) is 5.75 Å². The predicted octanol–water partition coefficient (Wildman–Crippen LogP) is 4.39. The maximum atomic E-state index is 6.40. The van der Waals surface area contributed by atoms with E-state index in [4.69, 9.17) is 10.5 Å². The number of allylic oxidation sites excluding steroid dienone is 4. The van der Waals surface area contributed by atoms with Gasteiger partial charge in [0.2, 0.25) is 0 Å². The lowest BCUT2D eigenvalue weighted by Crippen LogP contribution is -2.16. The van der Waals surface area contributed by atoms with Gasteiger partial charge in [-0.3, -0.25) is 0 Å². The fourth-order valence-electron chi connectivity index (χ4n) is 3.03. The van der Waals surface area contributed by atoms with Gasteiger partial charge in [-0.1, -0.05) is 23.3 Å². The van der Waals surface area contributed by atoms with Crippen molar-refractivity contribution < 1.29 is 4.74 Å². The van der Waals surface area contributed by atoms with Crippen LogP contribution in [0.4, 0.5) is 0 Å². The van der Waals surface area contributed by atoms with Crippen molar-refractivity contribution in [3.63, 3.8) is 0 Å². The number of benzene rings is 1. The smallest absolute Gasteiger partial charge is 0.118 e. The largest absolute Gasteiger partial charge is 0.497 e. The average Bonchev–Trinajstić information content (AvgIpc) is 2.65. The van der Waals surface area contributed by atoms with Gasteiger partial charge in [0.25, 0.3) is 0 Å². The third kappa shape index (κ3) is 2.66. The molecule has 1 aliphatic rings. The molecule has 0 radical (unpaired) electrons. The zero-order chi connectivity index (χ0) is 14.9. The van der Waals surface area contributed by atoms with Gasteiger partial charge in [-0.15, -0.1) is 0 Å². The maximum Gasteiger partial charge on any atom is 0.118 e. The Balaban J connectivity index is 2.14. The van der Waals surface area contributed by atoms with Crippen LogP contribution in [0.15, 0.2) is 46.6 Å². The van der Waals surface area contributed by atoms with Crippen LogP contribution in [0.3, 0.4) is 0 Å². The summed E-state index contributed by atoms with van der Waals surface area (Å²) in [5.41, 5.74) is 13.4. The van der Waals surface area contributed by atoms with Gasteiger partial charge >= 0.3 is 0 Å². The molecule has 2 rings (SSSR count). The molecule has 0 aromatic heterocycles. The third-order valence-corrected chi connectivity index (χ3v) is 4.82.